The zero-order valence-electron chi connectivity index (χ0n) is 10.4. The van der Waals surface area contributed by atoms with Crippen molar-refractivity contribution in [2.75, 3.05) is 26.7 Å². The van der Waals surface area contributed by atoms with E-state index in [1.54, 1.807) is 0 Å². The standard InChI is InChI=1S/C10H17ClN4O2S/c1-8-7-14(2)3-4-15(8)18(16,17)10-9(5-11)6-12-13-10/h6,8H,3-5,7H2,1-2H3,(H,12,13). The van der Waals surface area contributed by atoms with Gasteiger partial charge in [-0.25, -0.2) is 8.42 Å². The molecule has 1 atom stereocenters. The van der Waals surface area contributed by atoms with Gasteiger partial charge in [0.1, 0.15) is 0 Å². The molecule has 1 aliphatic rings. The van der Waals surface area contributed by atoms with E-state index >= 15 is 0 Å². The molecule has 0 aliphatic carbocycles. The molecule has 8 heteroatoms. The largest absolute Gasteiger partial charge is 0.303 e. The number of nitrogens with zero attached hydrogens (tertiary/aromatic N) is 3. The number of alkyl halides is 1. The second kappa shape index (κ2) is 5.16. The van der Waals surface area contributed by atoms with Crippen LogP contribution in [-0.2, 0) is 15.9 Å². The molecule has 0 aromatic carbocycles. The zero-order chi connectivity index (χ0) is 13.3. The van der Waals surface area contributed by atoms with Gasteiger partial charge >= 0.3 is 0 Å². The van der Waals surface area contributed by atoms with Gasteiger partial charge in [0.05, 0.1) is 12.1 Å². The summed E-state index contributed by atoms with van der Waals surface area (Å²) in [5, 5.41) is 6.44. The average Bonchev–Trinajstić information content (AvgIpc) is 2.76. The lowest BCUT2D eigenvalue weighted by Gasteiger charge is -2.36. The molecule has 2 rings (SSSR count). The van der Waals surface area contributed by atoms with E-state index < -0.39 is 10.0 Å². The Hall–Kier alpha value is -0.630. The molecule has 6 nitrogen and oxygen atoms in total. The van der Waals surface area contributed by atoms with Gasteiger partial charge in [-0.2, -0.15) is 9.40 Å². The quantitative estimate of drug-likeness (QED) is 0.823. The molecule has 1 unspecified atom stereocenters. The number of nitrogens with one attached hydrogen (secondary N) is 1. The van der Waals surface area contributed by atoms with Crippen molar-refractivity contribution >= 4 is 21.6 Å². The smallest absolute Gasteiger partial charge is 0.260 e. The third-order valence-electron chi connectivity index (χ3n) is 3.16. The molecule has 1 saturated heterocycles. The molecule has 0 radical (unpaired) electrons. The maximum atomic E-state index is 12.5. The minimum absolute atomic E-state index is 0.0553. The van der Waals surface area contributed by atoms with Gasteiger partial charge in [0, 0.05) is 31.2 Å². The SMILES string of the molecule is CC1CN(C)CCN1S(=O)(=O)c1[nH]ncc1CCl. The molecule has 0 amide bonds. The van der Waals surface area contributed by atoms with Crippen molar-refractivity contribution in [1.29, 1.82) is 0 Å². The van der Waals surface area contributed by atoms with E-state index in [1.807, 2.05) is 14.0 Å². The molecule has 102 valence electrons. The highest BCUT2D eigenvalue weighted by molar-refractivity contribution is 7.89. The number of rotatable bonds is 3. The molecule has 1 N–H and O–H groups in total. The minimum atomic E-state index is -3.53. The number of piperazine rings is 1. The van der Waals surface area contributed by atoms with Crippen LogP contribution in [0.15, 0.2) is 11.2 Å². The first-order valence-corrected chi connectivity index (χ1v) is 7.73. The molecule has 0 spiro atoms. The van der Waals surface area contributed by atoms with Crippen LogP contribution in [0.1, 0.15) is 12.5 Å². The van der Waals surface area contributed by atoms with Gasteiger partial charge in [-0.3, -0.25) is 5.10 Å². The van der Waals surface area contributed by atoms with Crippen LogP contribution in [0.5, 0.6) is 0 Å². The summed E-state index contributed by atoms with van der Waals surface area (Å²) in [5.41, 5.74) is 0.516. The second-order valence-electron chi connectivity index (χ2n) is 4.59. The Morgan fingerprint density at radius 3 is 2.89 bits per heavy atom. The van der Waals surface area contributed by atoms with Crippen LogP contribution in [0.3, 0.4) is 0 Å². The fraction of sp³-hybridized carbons (Fsp3) is 0.700. The number of H-pyrrole nitrogens is 1. The Morgan fingerprint density at radius 2 is 2.28 bits per heavy atom. The van der Waals surface area contributed by atoms with Crippen molar-refractivity contribution in [3.8, 4) is 0 Å². The number of hydrogen-bond acceptors (Lipinski definition) is 4. The van der Waals surface area contributed by atoms with Crippen molar-refractivity contribution in [3.63, 3.8) is 0 Å². The van der Waals surface area contributed by atoms with E-state index in [0.717, 1.165) is 13.1 Å². The summed E-state index contributed by atoms with van der Waals surface area (Å²) >= 11 is 5.73. The second-order valence-corrected chi connectivity index (χ2v) is 6.68. The molecular formula is C10H17ClN4O2S. The van der Waals surface area contributed by atoms with Crippen LogP contribution in [0.4, 0.5) is 0 Å². The first kappa shape index (κ1) is 13.8. The highest BCUT2D eigenvalue weighted by atomic mass is 35.5. The number of likely N-dealkylation sites (N-methyl/N-ethyl adjacent to an activating group) is 1. The number of halogens is 1. The van der Waals surface area contributed by atoms with Gasteiger partial charge in [0.25, 0.3) is 10.0 Å². The Labute approximate surface area is 112 Å². The first-order chi connectivity index (χ1) is 8.46. The Kier molecular flexibility index (Phi) is 3.96. The van der Waals surface area contributed by atoms with Crippen LogP contribution in [0, 0.1) is 0 Å². The van der Waals surface area contributed by atoms with Crippen LogP contribution in [-0.4, -0.2) is 60.5 Å². The van der Waals surface area contributed by atoms with Gasteiger partial charge in [-0.15, -0.1) is 11.6 Å². The molecule has 18 heavy (non-hydrogen) atoms. The van der Waals surface area contributed by atoms with Crippen molar-refractivity contribution in [2.24, 2.45) is 0 Å². The molecule has 0 saturated carbocycles. The summed E-state index contributed by atoms with van der Waals surface area (Å²) in [5.74, 6) is 0.132. The molecule has 2 heterocycles. The maximum absolute atomic E-state index is 12.5. The highest BCUT2D eigenvalue weighted by Gasteiger charge is 2.34. The molecule has 1 aromatic heterocycles. The Balaban J connectivity index is 2.31. The van der Waals surface area contributed by atoms with E-state index in [4.69, 9.17) is 11.6 Å². The average molecular weight is 293 g/mol. The number of aromatic amines is 1. The normalized spacial score (nSPS) is 23.4. The van der Waals surface area contributed by atoms with Crippen molar-refractivity contribution in [2.45, 2.75) is 23.9 Å². The predicted molar refractivity (Wildman–Crippen MR) is 69.0 cm³/mol. The third kappa shape index (κ3) is 2.40. The highest BCUT2D eigenvalue weighted by Crippen LogP contribution is 2.22. The maximum Gasteiger partial charge on any atom is 0.260 e. The minimum Gasteiger partial charge on any atom is -0.303 e. The fourth-order valence-electron chi connectivity index (χ4n) is 2.22. The van der Waals surface area contributed by atoms with Crippen molar-refractivity contribution in [3.05, 3.63) is 11.8 Å². The van der Waals surface area contributed by atoms with Crippen LogP contribution in [0.25, 0.3) is 0 Å². The zero-order valence-corrected chi connectivity index (χ0v) is 12.0. The fourth-order valence-corrected chi connectivity index (χ4v) is 4.22. The van der Waals surface area contributed by atoms with Crippen LogP contribution < -0.4 is 0 Å². The van der Waals surface area contributed by atoms with Gasteiger partial charge in [0.2, 0.25) is 0 Å². The van der Waals surface area contributed by atoms with Gasteiger partial charge in [-0.1, -0.05) is 0 Å². The van der Waals surface area contributed by atoms with Crippen molar-refractivity contribution in [1.82, 2.24) is 19.4 Å². The van der Waals surface area contributed by atoms with E-state index in [0.29, 0.717) is 12.1 Å². The topological polar surface area (TPSA) is 69.3 Å². The van der Waals surface area contributed by atoms with Gasteiger partial charge < -0.3 is 4.90 Å². The van der Waals surface area contributed by atoms with Gasteiger partial charge in [0.15, 0.2) is 5.03 Å². The monoisotopic (exact) mass is 292 g/mol. The number of sulfonamides is 1. The lowest BCUT2D eigenvalue weighted by Crippen LogP contribution is -2.52. The van der Waals surface area contributed by atoms with Crippen LogP contribution >= 0.6 is 11.6 Å². The summed E-state index contributed by atoms with van der Waals surface area (Å²) in [6.45, 7) is 3.85. The predicted octanol–water partition coefficient (Wildman–Crippen LogP) is 0.473. The Bertz CT molecular complexity index is 516. The molecule has 1 aromatic rings. The van der Waals surface area contributed by atoms with E-state index in [9.17, 15) is 8.42 Å². The summed E-state index contributed by atoms with van der Waals surface area (Å²) in [4.78, 5) is 2.12. The van der Waals surface area contributed by atoms with Crippen molar-refractivity contribution < 1.29 is 8.42 Å². The summed E-state index contributed by atoms with van der Waals surface area (Å²) in [6, 6.07) is -0.0553. The Morgan fingerprint density at radius 1 is 1.56 bits per heavy atom. The third-order valence-corrected chi connectivity index (χ3v) is 5.48. The van der Waals surface area contributed by atoms with E-state index in [1.165, 1.54) is 10.5 Å². The summed E-state index contributed by atoms with van der Waals surface area (Å²) < 4.78 is 26.6. The van der Waals surface area contributed by atoms with E-state index in [-0.39, 0.29) is 16.9 Å². The number of aromatic nitrogens is 2. The van der Waals surface area contributed by atoms with Crippen LogP contribution in [0.2, 0.25) is 0 Å². The molecular weight excluding hydrogens is 276 g/mol. The van der Waals surface area contributed by atoms with Gasteiger partial charge in [-0.05, 0) is 14.0 Å². The molecule has 1 fully saturated rings. The molecule has 0 bridgehead atoms. The summed E-state index contributed by atoms with van der Waals surface area (Å²) in [6.07, 6.45) is 1.46. The molecule has 1 aliphatic heterocycles. The summed E-state index contributed by atoms with van der Waals surface area (Å²) in [7, 11) is -1.54. The lowest BCUT2D eigenvalue weighted by atomic mass is 10.2. The van der Waals surface area contributed by atoms with E-state index in [2.05, 4.69) is 15.1 Å². The number of hydrogen-bond donors (Lipinski definition) is 1. The first-order valence-electron chi connectivity index (χ1n) is 5.75. The lowest BCUT2D eigenvalue weighted by molar-refractivity contribution is 0.170.